The molecule has 242 valence electrons. The van der Waals surface area contributed by atoms with Crippen LogP contribution in [0.4, 0.5) is 11.4 Å². The first kappa shape index (κ1) is 32.2. The summed E-state index contributed by atoms with van der Waals surface area (Å²) in [7, 11) is 0. The van der Waals surface area contributed by atoms with Crippen LogP contribution in [-0.4, -0.2) is 0 Å². The van der Waals surface area contributed by atoms with Crippen LogP contribution in [0.5, 0.6) is 23.0 Å². The van der Waals surface area contributed by atoms with Gasteiger partial charge in [0.1, 0.15) is 23.0 Å². The van der Waals surface area contributed by atoms with Gasteiger partial charge in [-0.1, -0.05) is 68.3 Å². The third kappa shape index (κ3) is 7.49. The molecule has 1 aliphatic rings. The van der Waals surface area contributed by atoms with Crippen LogP contribution in [0.1, 0.15) is 91.2 Å². The minimum Gasteiger partial charge on any atom is -0.457 e. The lowest BCUT2D eigenvalue weighted by Gasteiger charge is -2.42. The van der Waals surface area contributed by atoms with Crippen LogP contribution in [0, 0.1) is 13.8 Å². The van der Waals surface area contributed by atoms with Crippen LogP contribution < -0.4 is 20.9 Å². The van der Waals surface area contributed by atoms with Gasteiger partial charge in [-0.2, -0.15) is 0 Å². The van der Waals surface area contributed by atoms with Crippen molar-refractivity contribution in [1.82, 2.24) is 0 Å². The number of anilines is 2. The molecule has 0 heterocycles. The van der Waals surface area contributed by atoms with Crippen LogP contribution in [0.2, 0.25) is 0 Å². The van der Waals surface area contributed by atoms with E-state index in [1.807, 2.05) is 50.2 Å². The summed E-state index contributed by atoms with van der Waals surface area (Å²) in [6.45, 7) is 6.32. The molecule has 0 spiro atoms. The minimum absolute atomic E-state index is 0.0967. The summed E-state index contributed by atoms with van der Waals surface area (Å²) < 4.78 is 12.6. The number of ether oxygens (including phenoxy) is 2. The molecule has 1 aliphatic carbocycles. The first-order valence-electron chi connectivity index (χ1n) is 17.2. The molecule has 0 aliphatic heterocycles. The highest BCUT2D eigenvalue weighted by atomic mass is 16.5. The maximum Gasteiger partial charge on any atom is 0.130 e. The third-order valence-corrected chi connectivity index (χ3v) is 10.00. The Morgan fingerprint density at radius 1 is 0.638 bits per heavy atom. The molecule has 0 atom stereocenters. The molecule has 0 bridgehead atoms. The second-order valence-corrected chi connectivity index (χ2v) is 13.4. The van der Waals surface area contributed by atoms with Crippen LogP contribution >= 0.6 is 0 Å². The average molecular weight is 625 g/mol. The van der Waals surface area contributed by atoms with Crippen molar-refractivity contribution in [3.63, 3.8) is 0 Å². The second-order valence-electron chi connectivity index (χ2n) is 13.4. The maximum absolute atomic E-state index is 6.28. The monoisotopic (exact) mass is 624 g/mol. The normalized spacial score (nSPS) is 14.5. The average Bonchev–Trinajstić information content (AvgIpc) is 3.08. The highest BCUT2D eigenvalue weighted by Crippen LogP contribution is 2.50. The molecule has 5 aromatic rings. The number of nitrogens with two attached hydrogens (primary N) is 2. The number of aryl methyl sites for hydroxylation is 3. The zero-order valence-corrected chi connectivity index (χ0v) is 28.1. The van der Waals surface area contributed by atoms with Crippen LogP contribution in [0.3, 0.4) is 0 Å². The van der Waals surface area contributed by atoms with E-state index in [1.165, 1.54) is 47.9 Å². The van der Waals surface area contributed by atoms with Gasteiger partial charge in [0, 0.05) is 16.8 Å². The summed E-state index contributed by atoms with van der Waals surface area (Å²) in [4.78, 5) is 0. The SMILES string of the molecule is CCCCCc1cccc(C2CCC(c3ccc(Oc4ccc(N)cc4C)cc3)(c3ccc(Oc4ccc(N)cc4C)cc3)CC2)c1. The lowest BCUT2D eigenvalue weighted by Crippen LogP contribution is -2.32. The standard InChI is InChI=1S/C43H48N2O2/c1-4-5-6-8-32-9-7-10-34(29-32)33-23-25-43(26-24-33,35-11-17-39(18-12-35)46-41-21-15-37(44)27-30(41)2)36-13-19-40(20-14-36)47-42-22-16-38(45)28-31(42)3/h7,9-22,27-29,33H,4-6,8,23-26,44-45H2,1-3H3. The van der Waals surface area contributed by atoms with Gasteiger partial charge in [-0.25, -0.2) is 0 Å². The zero-order valence-electron chi connectivity index (χ0n) is 28.1. The predicted molar refractivity (Wildman–Crippen MR) is 196 cm³/mol. The Hall–Kier alpha value is -4.70. The van der Waals surface area contributed by atoms with Crippen molar-refractivity contribution in [2.75, 3.05) is 11.5 Å². The Morgan fingerprint density at radius 2 is 1.17 bits per heavy atom. The fourth-order valence-corrected chi connectivity index (χ4v) is 7.28. The molecule has 4 nitrogen and oxygen atoms in total. The number of unbranched alkanes of at least 4 members (excludes halogenated alkanes) is 2. The Morgan fingerprint density at radius 3 is 1.66 bits per heavy atom. The van der Waals surface area contributed by atoms with E-state index in [0.717, 1.165) is 71.2 Å². The van der Waals surface area contributed by atoms with Crippen molar-refractivity contribution in [2.45, 2.75) is 83.5 Å². The summed E-state index contributed by atoms with van der Waals surface area (Å²) >= 11 is 0. The summed E-state index contributed by atoms with van der Waals surface area (Å²) in [6, 6.07) is 38.4. The van der Waals surface area contributed by atoms with E-state index >= 15 is 0 Å². The van der Waals surface area contributed by atoms with E-state index in [1.54, 1.807) is 0 Å². The molecule has 6 rings (SSSR count). The first-order chi connectivity index (χ1) is 22.8. The molecule has 0 saturated heterocycles. The highest BCUT2D eigenvalue weighted by Gasteiger charge is 2.39. The van der Waals surface area contributed by atoms with E-state index in [4.69, 9.17) is 20.9 Å². The van der Waals surface area contributed by atoms with Crippen molar-refractivity contribution in [3.05, 3.63) is 143 Å². The molecule has 1 fully saturated rings. The summed E-state index contributed by atoms with van der Waals surface area (Å²) in [5.41, 5.74) is 21.0. The largest absolute Gasteiger partial charge is 0.457 e. The van der Waals surface area contributed by atoms with Crippen molar-refractivity contribution >= 4 is 11.4 Å². The zero-order chi connectivity index (χ0) is 32.8. The van der Waals surface area contributed by atoms with Crippen molar-refractivity contribution in [2.24, 2.45) is 0 Å². The summed E-state index contributed by atoms with van der Waals surface area (Å²) in [5, 5.41) is 0. The molecule has 0 amide bonds. The van der Waals surface area contributed by atoms with Crippen molar-refractivity contribution < 1.29 is 9.47 Å². The van der Waals surface area contributed by atoms with Crippen LogP contribution in [0.15, 0.2) is 109 Å². The number of benzene rings is 5. The fourth-order valence-electron chi connectivity index (χ4n) is 7.28. The highest BCUT2D eigenvalue weighted by molar-refractivity contribution is 5.51. The van der Waals surface area contributed by atoms with Gasteiger partial charge in [0.05, 0.1) is 0 Å². The van der Waals surface area contributed by atoms with E-state index in [2.05, 4.69) is 79.7 Å². The predicted octanol–water partition coefficient (Wildman–Crippen LogP) is 11.4. The molecule has 4 N–H and O–H groups in total. The molecular formula is C43H48N2O2. The molecule has 0 aromatic heterocycles. The topological polar surface area (TPSA) is 70.5 Å². The molecular weight excluding hydrogens is 576 g/mol. The van der Waals surface area contributed by atoms with E-state index in [9.17, 15) is 0 Å². The third-order valence-electron chi connectivity index (χ3n) is 10.00. The van der Waals surface area contributed by atoms with Gasteiger partial charge in [0.25, 0.3) is 0 Å². The van der Waals surface area contributed by atoms with Gasteiger partial charge in [0.15, 0.2) is 0 Å². The van der Waals surface area contributed by atoms with Gasteiger partial charge in [-0.05, 0) is 152 Å². The van der Waals surface area contributed by atoms with Crippen molar-refractivity contribution in [1.29, 1.82) is 0 Å². The fraction of sp³-hybridized carbons (Fsp3) is 0.302. The van der Waals surface area contributed by atoms with Gasteiger partial charge in [0.2, 0.25) is 0 Å². The lowest BCUT2D eigenvalue weighted by atomic mass is 9.62. The molecule has 5 aromatic carbocycles. The Bertz CT molecular complexity index is 1690. The summed E-state index contributed by atoms with van der Waals surface area (Å²) in [6.07, 6.45) is 9.43. The van der Waals surface area contributed by atoms with E-state index < -0.39 is 0 Å². The molecule has 1 saturated carbocycles. The molecule has 0 unspecified atom stereocenters. The maximum atomic E-state index is 6.28. The van der Waals surface area contributed by atoms with Crippen molar-refractivity contribution in [3.8, 4) is 23.0 Å². The molecule has 0 radical (unpaired) electrons. The Kier molecular flexibility index (Phi) is 9.87. The number of rotatable bonds is 11. The first-order valence-corrected chi connectivity index (χ1v) is 17.2. The number of hydrogen-bond acceptors (Lipinski definition) is 4. The number of nitrogen functional groups attached to an aromatic ring is 2. The Balaban J connectivity index is 1.26. The van der Waals surface area contributed by atoms with Gasteiger partial charge < -0.3 is 20.9 Å². The molecule has 4 heteroatoms. The number of hydrogen-bond donors (Lipinski definition) is 2. The van der Waals surface area contributed by atoms with Gasteiger partial charge in [-0.3, -0.25) is 0 Å². The van der Waals surface area contributed by atoms with E-state index in [0.29, 0.717) is 5.92 Å². The van der Waals surface area contributed by atoms with E-state index in [-0.39, 0.29) is 5.41 Å². The van der Waals surface area contributed by atoms with Crippen LogP contribution in [-0.2, 0) is 11.8 Å². The quantitative estimate of drug-likeness (QED) is 0.113. The Labute approximate surface area is 280 Å². The van der Waals surface area contributed by atoms with Gasteiger partial charge >= 0.3 is 0 Å². The smallest absolute Gasteiger partial charge is 0.130 e. The lowest BCUT2D eigenvalue weighted by molar-refractivity contribution is 0.314. The van der Waals surface area contributed by atoms with Crippen LogP contribution in [0.25, 0.3) is 0 Å². The molecule has 47 heavy (non-hydrogen) atoms. The minimum atomic E-state index is -0.0967. The van der Waals surface area contributed by atoms with Gasteiger partial charge in [-0.15, -0.1) is 0 Å². The summed E-state index contributed by atoms with van der Waals surface area (Å²) in [5.74, 6) is 3.87. The second kappa shape index (κ2) is 14.4.